The lowest BCUT2D eigenvalue weighted by Gasteiger charge is -2.21. The first-order valence-electron chi connectivity index (χ1n) is 9.77. The summed E-state index contributed by atoms with van der Waals surface area (Å²) in [6.45, 7) is 8.15. The molecule has 0 fully saturated rings. The first-order chi connectivity index (χ1) is 11.1. The van der Waals surface area contributed by atoms with Crippen LogP contribution < -0.4 is 0 Å². The fraction of sp³-hybridized carbons (Fsp3) is 0.850. The van der Waals surface area contributed by atoms with Gasteiger partial charge in [0.15, 0.2) is 0 Å². The van der Waals surface area contributed by atoms with E-state index in [9.17, 15) is 4.79 Å². The zero-order valence-electron chi connectivity index (χ0n) is 15.8. The van der Waals surface area contributed by atoms with Crippen molar-refractivity contribution in [3.63, 3.8) is 0 Å². The van der Waals surface area contributed by atoms with Gasteiger partial charge in [-0.3, -0.25) is 0 Å². The summed E-state index contributed by atoms with van der Waals surface area (Å²) >= 11 is 0. The van der Waals surface area contributed by atoms with Crippen molar-refractivity contribution in [2.45, 2.75) is 97.8 Å². The predicted molar refractivity (Wildman–Crippen MR) is 99.7 cm³/mol. The first kappa shape index (κ1) is 22.0. The van der Waals surface area contributed by atoms with Gasteiger partial charge in [0.2, 0.25) is 0 Å². The van der Waals surface area contributed by atoms with E-state index in [1.165, 1.54) is 77.0 Å². The molecule has 1 N–H and O–H groups in total. The van der Waals surface area contributed by atoms with Crippen LogP contribution in [-0.4, -0.2) is 29.1 Å². The van der Waals surface area contributed by atoms with E-state index in [1.54, 1.807) is 6.92 Å². The van der Waals surface area contributed by atoms with Crippen molar-refractivity contribution in [3.05, 3.63) is 11.8 Å². The van der Waals surface area contributed by atoms with E-state index in [4.69, 9.17) is 5.11 Å². The molecule has 0 atom stereocenters. The minimum atomic E-state index is -0.805. The summed E-state index contributed by atoms with van der Waals surface area (Å²) in [5, 5.41) is 9.07. The van der Waals surface area contributed by atoms with Gasteiger partial charge in [-0.15, -0.1) is 0 Å². The van der Waals surface area contributed by atoms with Crippen molar-refractivity contribution in [2.75, 3.05) is 13.1 Å². The largest absolute Gasteiger partial charge is 0.478 e. The van der Waals surface area contributed by atoms with Crippen LogP contribution in [-0.2, 0) is 4.79 Å². The van der Waals surface area contributed by atoms with Gasteiger partial charge in [0.25, 0.3) is 0 Å². The Morgan fingerprint density at radius 1 is 0.783 bits per heavy atom. The van der Waals surface area contributed by atoms with Crippen LogP contribution >= 0.6 is 0 Å². The van der Waals surface area contributed by atoms with Crippen LogP contribution in [0.3, 0.4) is 0 Å². The number of nitrogens with zero attached hydrogens (tertiary/aromatic N) is 1. The monoisotopic (exact) mass is 325 g/mol. The third-order valence-electron chi connectivity index (χ3n) is 4.31. The molecule has 0 saturated heterocycles. The summed E-state index contributed by atoms with van der Waals surface area (Å²) in [6.07, 6.45) is 17.2. The molecule has 0 heterocycles. The standard InChI is InChI=1S/C20H39NO2/c1-4-6-8-10-12-14-16-21(18-19(3)20(22)23)17-15-13-11-9-7-5-2/h18H,4-17H2,1-3H3,(H,22,23). The molecular formula is C20H39NO2. The first-order valence-corrected chi connectivity index (χ1v) is 9.77. The van der Waals surface area contributed by atoms with E-state index in [1.807, 2.05) is 6.20 Å². The summed E-state index contributed by atoms with van der Waals surface area (Å²) in [4.78, 5) is 13.3. The number of carboxylic acids is 1. The predicted octanol–water partition coefficient (Wildman–Crippen LogP) is 6.00. The normalized spacial score (nSPS) is 11.7. The molecule has 0 rings (SSSR count). The van der Waals surface area contributed by atoms with Gasteiger partial charge in [-0.2, -0.15) is 0 Å². The summed E-state index contributed by atoms with van der Waals surface area (Å²) in [5.41, 5.74) is 0.446. The summed E-state index contributed by atoms with van der Waals surface area (Å²) in [6, 6.07) is 0. The van der Waals surface area contributed by atoms with Crippen LogP contribution in [0.2, 0.25) is 0 Å². The molecule has 3 nitrogen and oxygen atoms in total. The Kier molecular flexibility index (Phi) is 15.2. The average Bonchev–Trinajstić information content (AvgIpc) is 2.53. The average molecular weight is 326 g/mol. The van der Waals surface area contributed by atoms with E-state index in [2.05, 4.69) is 18.7 Å². The zero-order chi connectivity index (χ0) is 17.3. The molecule has 0 aromatic carbocycles. The zero-order valence-corrected chi connectivity index (χ0v) is 15.8. The van der Waals surface area contributed by atoms with Crippen LogP contribution in [0.15, 0.2) is 11.8 Å². The molecular weight excluding hydrogens is 286 g/mol. The fourth-order valence-electron chi connectivity index (χ4n) is 2.76. The topological polar surface area (TPSA) is 40.5 Å². The summed E-state index contributed by atoms with van der Waals surface area (Å²) in [7, 11) is 0. The Bertz CT molecular complexity index is 297. The number of rotatable bonds is 16. The van der Waals surface area contributed by atoms with Gasteiger partial charge >= 0.3 is 5.97 Å². The van der Waals surface area contributed by atoms with Crippen molar-refractivity contribution < 1.29 is 9.90 Å². The highest BCUT2D eigenvalue weighted by atomic mass is 16.4. The van der Waals surface area contributed by atoms with Gasteiger partial charge < -0.3 is 10.0 Å². The second kappa shape index (κ2) is 15.9. The molecule has 3 heteroatoms. The summed E-state index contributed by atoms with van der Waals surface area (Å²) in [5.74, 6) is -0.805. The SMILES string of the molecule is CCCCCCCCN(C=C(C)C(=O)O)CCCCCCCC. The van der Waals surface area contributed by atoms with Crippen LogP contribution in [0.4, 0.5) is 0 Å². The van der Waals surface area contributed by atoms with E-state index in [0.717, 1.165) is 13.1 Å². The van der Waals surface area contributed by atoms with Crippen molar-refractivity contribution in [3.8, 4) is 0 Å². The number of unbranched alkanes of at least 4 members (excludes halogenated alkanes) is 10. The number of carbonyl (C=O) groups is 1. The molecule has 0 aliphatic rings. The Labute approximate surface area is 144 Å². The molecule has 0 unspecified atom stereocenters. The lowest BCUT2D eigenvalue weighted by molar-refractivity contribution is -0.132. The quantitative estimate of drug-likeness (QED) is 0.279. The highest BCUT2D eigenvalue weighted by molar-refractivity contribution is 5.85. The molecule has 0 aliphatic heterocycles. The Balaban J connectivity index is 4.04. The summed E-state index contributed by atoms with van der Waals surface area (Å²) < 4.78 is 0. The van der Waals surface area contributed by atoms with Crippen molar-refractivity contribution in [1.29, 1.82) is 0 Å². The lowest BCUT2D eigenvalue weighted by Crippen LogP contribution is -2.21. The van der Waals surface area contributed by atoms with Crippen LogP contribution in [0.25, 0.3) is 0 Å². The van der Waals surface area contributed by atoms with Gasteiger partial charge in [0.05, 0.1) is 0 Å². The van der Waals surface area contributed by atoms with Crippen molar-refractivity contribution in [2.24, 2.45) is 0 Å². The molecule has 0 saturated carbocycles. The molecule has 0 amide bonds. The van der Waals surface area contributed by atoms with Crippen LogP contribution in [0, 0.1) is 0 Å². The van der Waals surface area contributed by atoms with E-state index >= 15 is 0 Å². The second-order valence-electron chi connectivity index (χ2n) is 6.69. The maximum Gasteiger partial charge on any atom is 0.332 e. The Morgan fingerprint density at radius 2 is 1.17 bits per heavy atom. The van der Waals surface area contributed by atoms with Crippen molar-refractivity contribution >= 4 is 5.97 Å². The molecule has 0 bridgehead atoms. The van der Waals surface area contributed by atoms with Gasteiger partial charge in [-0.25, -0.2) is 4.79 Å². The van der Waals surface area contributed by atoms with Gasteiger partial charge in [0.1, 0.15) is 0 Å². The van der Waals surface area contributed by atoms with Crippen LogP contribution in [0.1, 0.15) is 97.8 Å². The minimum Gasteiger partial charge on any atom is -0.478 e. The van der Waals surface area contributed by atoms with E-state index in [-0.39, 0.29) is 0 Å². The van der Waals surface area contributed by atoms with Gasteiger partial charge in [0, 0.05) is 24.9 Å². The highest BCUT2D eigenvalue weighted by Crippen LogP contribution is 2.10. The number of hydrogen-bond acceptors (Lipinski definition) is 2. The van der Waals surface area contributed by atoms with Gasteiger partial charge in [-0.05, 0) is 19.8 Å². The van der Waals surface area contributed by atoms with Crippen molar-refractivity contribution in [1.82, 2.24) is 4.90 Å². The molecule has 0 spiro atoms. The number of carboxylic acid groups (broad SMARTS) is 1. The highest BCUT2D eigenvalue weighted by Gasteiger charge is 2.05. The Morgan fingerprint density at radius 3 is 1.57 bits per heavy atom. The smallest absolute Gasteiger partial charge is 0.332 e. The van der Waals surface area contributed by atoms with Crippen LogP contribution in [0.5, 0.6) is 0 Å². The molecule has 0 radical (unpaired) electrons. The molecule has 136 valence electrons. The third-order valence-corrected chi connectivity index (χ3v) is 4.31. The second-order valence-corrected chi connectivity index (χ2v) is 6.69. The van der Waals surface area contributed by atoms with Gasteiger partial charge in [-0.1, -0.05) is 78.1 Å². The molecule has 0 aromatic heterocycles. The van der Waals surface area contributed by atoms with E-state index in [0.29, 0.717) is 5.57 Å². The number of aliphatic carboxylic acids is 1. The molecule has 0 aliphatic carbocycles. The molecule has 23 heavy (non-hydrogen) atoms. The maximum atomic E-state index is 11.0. The van der Waals surface area contributed by atoms with E-state index < -0.39 is 5.97 Å². The molecule has 0 aromatic rings. The third kappa shape index (κ3) is 14.3. The number of hydrogen-bond donors (Lipinski definition) is 1. The maximum absolute atomic E-state index is 11.0. The fourth-order valence-corrected chi connectivity index (χ4v) is 2.76. The Hall–Kier alpha value is -0.990. The lowest BCUT2D eigenvalue weighted by atomic mass is 10.1. The minimum absolute atomic E-state index is 0.446.